The van der Waals surface area contributed by atoms with Crippen LogP contribution < -0.4 is 20.3 Å². The molecule has 2 aliphatic rings. The number of carbonyl (C=O) groups excluding carboxylic acids is 2. The lowest BCUT2D eigenvalue weighted by Gasteiger charge is -2.41. The molecule has 2 saturated heterocycles. The zero-order chi connectivity index (χ0) is 29.5. The van der Waals surface area contributed by atoms with Crippen molar-refractivity contribution in [2.75, 3.05) is 17.7 Å². The minimum atomic E-state index is -4.50. The number of fused-ring (bicyclic) bond motifs is 2. The van der Waals surface area contributed by atoms with E-state index in [0.29, 0.717) is 18.7 Å². The first-order valence-corrected chi connectivity index (χ1v) is 14.9. The minimum absolute atomic E-state index is 0.0311. The maximum atomic E-state index is 13.2. The third-order valence-corrected chi connectivity index (χ3v) is 8.36. The summed E-state index contributed by atoms with van der Waals surface area (Å²) in [4.78, 5) is 31.6. The number of piperidine rings is 1. The molecule has 2 amide bonds. The Morgan fingerprint density at radius 3 is 2.33 bits per heavy atom. The number of pyridine rings is 1. The molecule has 3 atom stereocenters. The van der Waals surface area contributed by atoms with E-state index >= 15 is 0 Å². The highest BCUT2D eigenvalue weighted by Gasteiger charge is 2.43. The maximum absolute atomic E-state index is 13.2. The van der Waals surface area contributed by atoms with Crippen LogP contribution in [0, 0.1) is 0 Å². The molecule has 0 aliphatic carbocycles. The molecule has 14 heteroatoms. The molecule has 9 nitrogen and oxygen atoms in total. The molecule has 218 valence electrons. The summed E-state index contributed by atoms with van der Waals surface area (Å²) in [6.45, 7) is 1.70. The first kappa shape index (κ1) is 29.9. The first-order valence-electron chi connectivity index (χ1n) is 12.6. The molecule has 2 aromatic rings. The second-order valence-electron chi connectivity index (χ2n) is 10.6. The van der Waals surface area contributed by atoms with E-state index in [-0.39, 0.29) is 39.4 Å². The van der Waals surface area contributed by atoms with Crippen LogP contribution in [0.2, 0.25) is 5.02 Å². The van der Waals surface area contributed by atoms with Crippen molar-refractivity contribution >= 4 is 39.1 Å². The summed E-state index contributed by atoms with van der Waals surface area (Å²) in [7, 11) is -3.66. The van der Waals surface area contributed by atoms with Gasteiger partial charge in [0.05, 0.1) is 5.56 Å². The smallest absolute Gasteiger partial charge is 0.405 e. The van der Waals surface area contributed by atoms with E-state index in [0.717, 1.165) is 19.1 Å². The third kappa shape index (κ3) is 6.98. The topological polar surface area (TPSA) is 118 Å². The molecule has 1 unspecified atom stereocenters. The fraction of sp³-hybridized carbons (Fsp3) is 0.500. The number of aromatic nitrogens is 1. The van der Waals surface area contributed by atoms with Crippen LogP contribution in [0.15, 0.2) is 41.4 Å². The fourth-order valence-corrected chi connectivity index (χ4v) is 6.21. The normalized spacial score (nSPS) is 21.2. The van der Waals surface area contributed by atoms with Crippen LogP contribution in [-0.2, 0) is 14.6 Å². The van der Waals surface area contributed by atoms with Crippen molar-refractivity contribution in [2.45, 2.75) is 74.3 Å². The Labute approximate surface area is 235 Å². The van der Waals surface area contributed by atoms with Gasteiger partial charge in [-0.3, -0.25) is 9.59 Å². The summed E-state index contributed by atoms with van der Waals surface area (Å²) in [6.07, 6.45) is 0.789. The van der Waals surface area contributed by atoms with Crippen molar-refractivity contribution in [2.24, 2.45) is 0 Å². The van der Waals surface area contributed by atoms with Crippen molar-refractivity contribution in [3.63, 3.8) is 0 Å². The summed E-state index contributed by atoms with van der Waals surface area (Å²) >= 11 is 5.96. The Balaban J connectivity index is 1.39. The Kier molecular flexibility index (Phi) is 8.28. The van der Waals surface area contributed by atoms with Gasteiger partial charge < -0.3 is 20.3 Å². The van der Waals surface area contributed by atoms with Gasteiger partial charge in [0.15, 0.2) is 15.4 Å². The molecule has 2 aliphatic heterocycles. The third-order valence-electron chi connectivity index (χ3n) is 7.01. The molecule has 2 fully saturated rings. The van der Waals surface area contributed by atoms with Crippen molar-refractivity contribution in [1.29, 1.82) is 0 Å². The van der Waals surface area contributed by atoms with Crippen LogP contribution in [0.3, 0.4) is 0 Å². The van der Waals surface area contributed by atoms with Crippen LogP contribution in [0.25, 0.3) is 0 Å². The van der Waals surface area contributed by atoms with Gasteiger partial charge in [-0.25, -0.2) is 13.4 Å². The summed E-state index contributed by atoms with van der Waals surface area (Å²) in [5.41, 5.74) is -1.35. The lowest BCUT2D eigenvalue weighted by molar-refractivity contribution is -0.135. The molecule has 0 spiro atoms. The van der Waals surface area contributed by atoms with E-state index in [2.05, 4.69) is 15.2 Å². The Bertz CT molecular complexity index is 1370. The largest absolute Gasteiger partial charge is 0.477 e. The Morgan fingerprint density at radius 2 is 1.77 bits per heavy atom. The molecule has 3 heterocycles. The van der Waals surface area contributed by atoms with Gasteiger partial charge in [0.1, 0.15) is 23.0 Å². The number of halogens is 4. The van der Waals surface area contributed by atoms with Crippen molar-refractivity contribution in [3.05, 3.63) is 47.1 Å². The highest BCUT2D eigenvalue weighted by Crippen LogP contribution is 2.39. The van der Waals surface area contributed by atoms with Gasteiger partial charge >= 0.3 is 6.18 Å². The number of nitrogens with zero attached hydrogens (tertiary/aromatic N) is 2. The van der Waals surface area contributed by atoms with Crippen molar-refractivity contribution in [3.8, 4) is 5.75 Å². The molecule has 4 rings (SSSR count). The van der Waals surface area contributed by atoms with Crippen LogP contribution in [0.1, 0.15) is 49.9 Å². The van der Waals surface area contributed by atoms with E-state index in [4.69, 9.17) is 16.3 Å². The van der Waals surface area contributed by atoms with Crippen LogP contribution in [0.4, 0.5) is 19.0 Å². The number of rotatable bonds is 8. The number of carbonyl (C=O) groups is 2. The predicted octanol–water partition coefficient (Wildman–Crippen LogP) is 3.90. The maximum Gasteiger partial charge on any atom is 0.405 e. The number of hydrogen-bond donors (Lipinski definition) is 2. The van der Waals surface area contributed by atoms with E-state index < -0.39 is 40.0 Å². The van der Waals surface area contributed by atoms with E-state index in [9.17, 15) is 31.2 Å². The van der Waals surface area contributed by atoms with Gasteiger partial charge in [-0.15, -0.1) is 0 Å². The quantitative estimate of drug-likeness (QED) is 0.470. The number of hydrogen-bond acceptors (Lipinski definition) is 7. The highest BCUT2D eigenvalue weighted by atomic mass is 35.5. The summed E-state index contributed by atoms with van der Waals surface area (Å²) < 4.78 is 67.4. The average Bonchev–Trinajstić information content (AvgIpc) is 3.12. The molecule has 1 aromatic heterocycles. The van der Waals surface area contributed by atoms with Crippen molar-refractivity contribution < 1.29 is 35.9 Å². The van der Waals surface area contributed by atoms with Gasteiger partial charge in [-0.05, 0) is 69.9 Å². The Morgan fingerprint density at radius 1 is 1.12 bits per heavy atom. The molecule has 2 bridgehead atoms. The predicted molar refractivity (Wildman–Crippen MR) is 142 cm³/mol. The standard InChI is InChI=1S/C26H30ClF3N4O5S/c1-25(2,39-20-8-5-16(27)10-21(20)40(3,37)38)24(36)33-17-11-18-6-7-19(12-17)34(18)22-9-4-15(13-31-22)23(35)32-14-26(28,29)30/h4-5,8-10,13,17-19H,6-7,11-12,14H2,1-3H3,(H,32,35)(H,33,36)/t17?,18-,19+. The van der Waals surface area contributed by atoms with Crippen LogP contribution >= 0.6 is 11.6 Å². The van der Waals surface area contributed by atoms with E-state index in [1.54, 1.807) is 19.9 Å². The number of benzene rings is 1. The van der Waals surface area contributed by atoms with Crippen LogP contribution in [0.5, 0.6) is 5.75 Å². The van der Waals surface area contributed by atoms with E-state index in [1.807, 2.05) is 5.32 Å². The zero-order valence-electron chi connectivity index (χ0n) is 22.1. The molecule has 40 heavy (non-hydrogen) atoms. The molecular weight excluding hydrogens is 573 g/mol. The second kappa shape index (κ2) is 11.1. The summed E-state index contributed by atoms with van der Waals surface area (Å²) in [5, 5.41) is 5.10. The van der Waals surface area contributed by atoms with E-state index in [1.165, 1.54) is 30.5 Å². The summed E-state index contributed by atoms with van der Waals surface area (Å²) in [6, 6.07) is 7.24. The first-order chi connectivity index (χ1) is 18.5. The van der Waals surface area contributed by atoms with Crippen molar-refractivity contribution in [1.82, 2.24) is 15.6 Å². The second-order valence-corrected chi connectivity index (χ2v) is 13.0. The highest BCUT2D eigenvalue weighted by molar-refractivity contribution is 7.90. The number of sulfone groups is 1. The number of alkyl halides is 3. The molecule has 2 N–H and O–H groups in total. The zero-order valence-corrected chi connectivity index (χ0v) is 23.7. The number of anilines is 1. The average molecular weight is 603 g/mol. The van der Waals surface area contributed by atoms with Crippen LogP contribution in [-0.4, -0.2) is 67.9 Å². The summed E-state index contributed by atoms with van der Waals surface area (Å²) in [5.74, 6) is -0.604. The lowest BCUT2D eigenvalue weighted by Crippen LogP contribution is -2.55. The SMILES string of the molecule is CC(C)(Oc1ccc(Cl)cc1S(C)(=O)=O)C(=O)NC1C[C@H]2CC[C@@H](C1)N2c1ccc(C(=O)NCC(F)(F)F)cn1. The molecular formula is C26H30ClF3N4O5S. The van der Waals surface area contributed by atoms with Gasteiger partial charge in [0, 0.05) is 35.6 Å². The lowest BCUT2D eigenvalue weighted by atomic mass is 9.96. The monoisotopic (exact) mass is 602 g/mol. The fourth-order valence-electron chi connectivity index (χ4n) is 5.16. The molecule has 0 radical (unpaired) electrons. The molecule has 0 saturated carbocycles. The minimum Gasteiger partial charge on any atom is -0.477 e. The van der Waals surface area contributed by atoms with Gasteiger partial charge in [-0.2, -0.15) is 13.2 Å². The number of amides is 2. The van der Waals surface area contributed by atoms with Gasteiger partial charge in [0.25, 0.3) is 11.8 Å². The Hall–Kier alpha value is -3.06. The number of nitrogens with one attached hydrogen (secondary N) is 2. The van der Waals surface area contributed by atoms with Gasteiger partial charge in [0.2, 0.25) is 0 Å². The number of ether oxygens (including phenoxy) is 1. The molecule has 1 aromatic carbocycles. The van der Waals surface area contributed by atoms with Gasteiger partial charge in [-0.1, -0.05) is 11.6 Å².